The number of fused-ring (bicyclic) bond motifs is 1. The van der Waals surface area contributed by atoms with Crippen LogP contribution in [-0.4, -0.2) is 28.0 Å². The number of rotatable bonds is 3. The third-order valence-electron chi connectivity index (χ3n) is 3.22. The Morgan fingerprint density at radius 3 is 2.85 bits per heavy atom. The van der Waals surface area contributed by atoms with Crippen molar-refractivity contribution in [3.05, 3.63) is 52.9 Å². The molecule has 0 saturated heterocycles. The third-order valence-corrected chi connectivity index (χ3v) is 3.22. The Balaban J connectivity index is 1.98. The second-order valence-corrected chi connectivity index (χ2v) is 4.54. The highest BCUT2D eigenvalue weighted by atomic mass is 16.5. The number of aromatic nitrogens is 3. The summed E-state index contributed by atoms with van der Waals surface area (Å²) in [6.07, 6.45) is 4.02. The highest BCUT2D eigenvalue weighted by molar-refractivity contribution is 5.89. The van der Waals surface area contributed by atoms with Crippen molar-refractivity contribution in [1.82, 2.24) is 20.3 Å². The van der Waals surface area contributed by atoms with Crippen LogP contribution in [0.2, 0.25) is 0 Å². The molecular formula is C14H14N4O2. The minimum Gasteiger partial charge on any atom is -0.464 e. The van der Waals surface area contributed by atoms with Gasteiger partial charge in [0.05, 0.1) is 12.8 Å². The molecule has 0 bridgehead atoms. The lowest BCUT2D eigenvalue weighted by atomic mass is 10.1. The fourth-order valence-electron chi connectivity index (χ4n) is 2.25. The Hall–Kier alpha value is -2.34. The van der Waals surface area contributed by atoms with Crippen LogP contribution in [0, 0.1) is 0 Å². The second kappa shape index (κ2) is 5.34. The van der Waals surface area contributed by atoms with Gasteiger partial charge in [0, 0.05) is 37.5 Å². The van der Waals surface area contributed by atoms with E-state index in [0.29, 0.717) is 31.0 Å². The van der Waals surface area contributed by atoms with Gasteiger partial charge in [-0.05, 0) is 17.7 Å². The molecule has 0 amide bonds. The Labute approximate surface area is 116 Å². The van der Waals surface area contributed by atoms with Crippen LogP contribution in [0.3, 0.4) is 0 Å². The number of hydrogen-bond acceptors (Lipinski definition) is 6. The fraction of sp³-hybridized carbons (Fsp3) is 0.286. The molecule has 20 heavy (non-hydrogen) atoms. The third kappa shape index (κ3) is 2.37. The summed E-state index contributed by atoms with van der Waals surface area (Å²) < 4.78 is 4.80. The van der Waals surface area contributed by atoms with Crippen LogP contribution >= 0.6 is 0 Å². The molecule has 0 saturated carbocycles. The summed E-state index contributed by atoms with van der Waals surface area (Å²) in [6.45, 7) is 1.26. The first-order chi connectivity index (χ1) is 9.78. The molecule has 3 rings (SSSR count). The zero-order valence-corrected chi connectivity index (χ0v) is 11.1. The zero-order chi connectivity index (χ0) is 13.9. The summed E-state index contributed by atoms with van der Waals surface area (Å²) in [5, 5.41) is 3.18. The molecule has 0 aromatic carbocycles. The monoisotopic (exact) mass is 270 g/mol. The molecule has 2 aromatic heterocycles. The standard InChI is InChI=1S/C14H14N4O2/c1-20-14(19)13-10-7-16-8-11(10)17-12(18-13)6-9-2-4-15-5-3-9/h2-5,16H,6-8H2,1H3. The molecule has 0 spiro atoms. The number of carbonyl (C=O) groups is 1. The van der Waals surface area contributed by atoms with Gasteiger partial charge in [-0.15, -0.1) is 0 Å². The maximum absolute atomic E-state index is 11.8. The van der Waals surface area contributed by atoms with E-state index in [4.69, 9.17) is 4.74 Å². The molecule has 6 heteroatoms. The number of pyridine rings is 1. The summed E-state index contributed by atoms with van der Waals surface area (Å²) in [6, 6.07) is 3.82. The minimum atomic E-state index is -0.414. The first-order valence-corrected chi connectivity index (χ1v) is 6.34. The first kappa shape index (κ1) is 12.7. The average molecular weight is 270 g/mol. The Morgan fingerprint density at radius 1 is 1.30 bits per heavy atom. The van der Waals surface area contributed by atoms with Crippen molar-refractivity contribution >= 4 is 5.97 Å². The minimum absolute atomic E-state index is 0.367. The van der Waals surface area contributed by atoms with E-state index in [-0.39, 0.29) is 0 Å². The van der Waals surface area contributed by atoms with Crippen LogP contribution in [0.4, 0.5) is 0 Å². The number of ether oxygens (including phenoxy) is 1. The Bertz CT molecular complexity index is 643. The molecule has 3 heterocycles. The number of esters is 1. The van der Waals surface area contributed by atoms with Crippen LogP contribution in [0.5, 0.6) is 0 Å². The molecule has 0 fully saturated rings. The van der Waals surface area contributed by atoms with Gasteiger partial charge in [0.2, 0.25) is 0 Å². The van der Waals surface area contributed by atoms with Crippen LogP contribution in [0.15, 0.2) is 24.5 Å². The van der Waals surface area contributed by atoms with Gasteiger partial charge in [-0.25, -0.2) is 14.8 Å². The van der Waals surface area contributed by atoms with Crippen molar-refractivity contribution in [2.24, 2.45) is 0 Å². The van der Waals surface area contributed by atoms with E-state index in [9.17, 15) is 4.79 Å². The number of methoxy groups -OCH3 is 1. The second-order valence-electron chi connectivity index (χ2n) is 4.54. The van der Waals surface area contributed by atoms with Crippen LogP contribution in [0.25, 0.3) is 0 Å². The summed E-state index contributed by atoms with van der Waals surface area (Å²) in [4.78, 5) is 24.7. The fourth-order valence-corrected chi connectivity index (χ4v) is 2.25. The summed E-state index contributed by atoms with van der Waals surface area (Å²) in [5.41, 5.74) is 3.15. The van der Waals surface area contributed by atoms with Crippen molar-refractivity contribution < 1.29 is 9.53 Å². The highest BCUT2D eigenvalue weighted by Gasteiger charge is 2.23. The van der Waals surface area contributed by atoms with E-state index in [1.165, 1.54) is 7.11 Å². The van der Waals surface area contributed by atoms with Crippen molar-refractivity contribution in [2.45, 2.75) is 19.5 Å². The van der Waals surface area contributed by atoms with Crippen molar-refractivity contribution in [1.29, 1.82) is 0 Å². The molecule has 1 N–H and O–H groups in total. The van der Waals surface area contributed by atoms with Gasteiger partial charge in [0.1, 0.15) is 5.82 Å². The number of carbonyl (C=O) groups excluding carboxylic acids is 1. The predicted octanol–water partition coefficient (Wildman–Crippen LogP) is 0.852. The molecule has 2 aromatic rings. The lowest BCUT2D eigenvalue weighted by molar-refractivity contribution is 0.0592. The van der Waals surface area contributed by atoms with Gasteiger partial charge in [0.25, 0.3) is 0 Å². The van der Waals surface area contributed by atoms with E-state index in [2.05, 4.69) is 20.3 Å². The van der Waals surface area contributed by atoms with Crippen LogP contribution in [0.1, 0.15) is 33.1 Å². The van der Waals surface area contributed by atoms with E-state index >= 15 is 0 Å². The molecule has 0 radical (unpaired) electrons. The normalized spacial score (nSPS) is 13.1. The van der Waals surface area contributed by atoms with Gasteiger partial charge in [0.15, 0.2) is 5.69 Å². The largest absolute Gasteiger partial charge is 0.464 e. The maximum atomic E-state index is 11.8. The summed E-state index contributed by atoms with van der Waals surface area (Å²) >= 11 is 0. The SMILES string of the molecule is COC(=O)c1nc(Cc2ccncc2)nc2c1CNC2. The molecule has 0 unspecified atom stereocenters. The molecule has 0 atom stereocenters. The Morgan fingerprint density at radius 2 is 2.10 bits per heavy atom. The number of nitrogens with zero attached hydrogens (tertiary/aromatic N) is 3. The van der Waals surface area contributed by atoms with Gasteiger partial charge in [-0.1, -0.05) is 0 Å². The van der Waals surface area contributed by atoms with Crippen molar-refractivity contribution in [3.63, 3.8) is 0 Å². The lowest BCUT2D eigenvalue weighted by Crippen LogP contribution is -2.13. The van der Waals surface area contributed by atoms with E-state index in [1.54, 1.807) is 12.4 Å². The van der Waals surface area contributed by atoms with Crippen molar-refractivity contribution in [3.8, 4) is 0 Å². The first-order valence-electron chi connectivity index (χ1n) is 6.34. The molecule has 1 aliphatic heterocycles. The van der Waals surface area contributed by atoms with Gasteiger partial charge < -0.3 is 10.1 Å². The Kier molecular flexibility index (Phi) is 3.39. The summed E-state index contributed by atoms with van der Waals surface area (Å²) in [5.74, 6) is 0.211. The topological polar surface area (TPSA) is 77.0 Å². The van der Waals surface area contributed by atoms with Gasteiger partial charge in [-0.2, -0.15) is 0 Å². The van der Waals surface area contributed by atoms with Crippen LogP contribution in [-0.2, 0) is 24.2 Å². The molecular weight excluding hydrogens is 256 g/mol. The number of hydrogen-bond donors (Lipinski definition) is 1. The molecule has 6 nitrogen and oxygen atoms in total. The van der Waals surface area contributed by atoms with E-state index in [1.807, 2.05) is 12.1 Å². The zero-order valence-electron chi connectivity index (χ0n) is 11.1. The van der Waals surface area contributed by atoms with Gasteiger partial charge >= 0.3 is 5.97 Å². The quantitative estimate of drug-likeness (QED) is 0.833. The smallest absolute Gasteiger partial charge is 0.357 e. The molecule has 1 aliphatic rings. The molecule has 0 aliphatic carbocycles. The van der Waals surface area contributed by atoms with E-state index in [0.717, 1.165) is 16.8 Å². The highest BCUT2D eigenvalue weighted by Crippen LogP contribution is 2.19. The van der Waals surface area contributed by atoms with E-state index < -0.39 is 5.97 Å². The molecule has 102 valence electrons. The predicted molar refractivity (Wildman–Crippen MR) is 71.0 cm³/mol. The maximum Gasteiger partial charge on any atom is 0.357 e. The van der Waals surface area contributed by atoms with Gasteiger partial charge in [-0.3, -0.25) is 4.98 Å². The van der Waals surface area contributed by atoms with Crippen LogP contribution < -0.4 is 5.32 Å². The lowest BCUT2D eigenvalue weighted by Gasteiger charge is -2.08. The average Bonchev–Trinajstić information content (AvgIpc) is 2.95. The number of nitrogens with one attached hydrogen (secondary N) is 1. The summed E-state index contributed by atoms with van der Waals surface area (Å²) in [7, 11) is 1.36. The van der Waals surface area contributed by atoms with Crippen molar-refractivity contribution in [2.75, 3.05) is 7.11 Å².